The molecular weight excluding hydrogens is 252 g/mol. The van der Waals surface area contributed by atoms with Gasteiger partial charge >= 0.3 is 0 Å². The first-order chi connectivity index (χ1) is 6.24. The summed E-state index contributed by atoms with van der Waals surface area (Å²) in [5.41, 5.74) is 0.525. The van der Waals surface area contributed by atoms with Crippen molar-refractivity contribution in [3.05, 3.63) is 16.1 Å². The summed E-state index contributed by atoms with van der Waals surface area (Å²) >= 11 is 4.79. The number of nitrogens with one attached hydrogen (secondary N) is 1. The first kappa shape index (κ1) is 10.7. The second kappa shape index (κ2) is 5.34. The molecule has 0 aliphatic heterocycles. The van der Waals surface area contributed by atoms with Crippen LogP contribution in [0.5, 0.6) is 0 Å². The van der Waals surface area contributed by atoms with Crippen LogP contribution in [0.2, 0.25) is 0 Å². The Hall–Kier alpha value is -0.420. The second-order valence-electron chi connectivity index (χ2n) is 2.55. The number of carbonyl (C=O) groups is 1. The van der Waals surface area contributed by atoms with E-state index < -0.39 is 0 Å². The molecule has 0 atom stereocenters. The lowest BCUT2D eigenvalue weighted by Crippen LogP contribution is -2.24. The van der Waals surface area contributed by atoms with Crippen molar-refractivity contribution < 1.29 is 4.79 Å². The summed E-state index contributed by atoms with van der Waals surface area (Å²) in [5.74, 6) is -0.0784. The maximum absolute atomic E-state index is 11.4. The number of nitrogens with zero attached hydrogens (tertiary/aromatic N) is 1. The third kappa shape index (κ3) is 3.44. The predicted molar refractivity (Wildman–Crippen MR) is 57.6 cm³/mol. The molecule has 3 nitrogen and oxygen atoms in total. The van der Waals surface area contributed by atoms with Crippen molar-refractivity contribution in [2.45, 2.75) is 13.3 Å². The molecule has 0 saturated heterocycles. The van der Waals surface area contributed by atoms with Gasteiger partial charge in [0.25, 0.3) is 5.91 Å². The Morgan fingerprint density at radius 3 is 3.08 bits per heavy atom. The maximum atomic E-state index is 11.4. The maximum Gasteiger partial charge on any atom is 0.270 e. The summed E-state index contributed by atoms with van der Waals surface area (Å²) in [7, 11) is 0. The molecule has 72 valence electrons. The fraction of sp³-hybridized carbons (Fsp3) is 0.500. The standard InChI is InChI=1S/C8H11BrN2OS/c1-6-11-7(5-13-6)8(12)10-4-2-3-9/h5H,2-4H2,1H3,(H,10,12). The number of hydrogen-bond acceptors (Lipinski definition) is 3. The van der Waals surface area contributed by atoms with Gasteiger partial charge in [-0.2, -0.15) is 0 Å². The van der Waals surface area contributed by atoms with E-state index in [4.69, 9.17) is 0 Å². The quantitative estimate of drug-likeness (QED) is 0.666. The number of amides is 1. The molecule has 0 unspecified atom stereocenters. The van der Waals surface area contributed by atoms with Crippen molar-refractivity contribution in [2.24, 2.45) is 0 Å². The zero-order chi connectivity index (χ0) is 9.68. The Morgan fingerprint density at radius 2 is 2.54 bits per heavy atom. The van der Waals surface area contributed by atoms with Crippen LogP contribution in [-0.4, -0.2) is 22.8 Å². The Bertz CT molecular complexity index is 287. The summed E-state index contributed by atoms with van der Waals surface area (Å²) < 4.78 is 0. The van der Waals surface area contributed by atoms with E-state index in [9.17, 15) is 4.79 Å². The van der Waals surface area contributed by atoms with Gasteiger partial charge in [0, 0.05) is 17.3 Å². The Balaban J connectivity index is 2.40. The van der Waals surface area contributed by atoms with E-state index in [2.05, 4.69) is 26.2 Å². The van der Waals surface area contributed by atoms with Crippen LogP contribution in [0.4, 0.5) is 0 Å². The first-order valence-electron chi connectivity index (χ1n) is 4.00. The molecule has 0 saturated carbocycles. The molecule has 1 rings (SSSR count). The van der Waals surface area contributed by atoms with E-state index in [-0.39, 0.29) is 5.91 Å². The van der Waals surface area contributed by atoms with Gasteiger partial charge in [0.1, 0.15) is 5.69 Å². The van der Waals surface area contributed by atoms with E-state index in [0.29, 0.717) is 12.2 Å². The van der Waals surface area contributed by atoms with Crippen LogP contribution >= 0.6 is 27.3 Å². The van der Waals surface area contributed by atoms with Gasteiger partial charge in [0.15, 0.2) is 0 Å². The van der Waals surface area contributed by atoms with Gasteiger partial charge in [-0.3, -0.25) is 4.79 Å². The molecular formula is C8H11BrN2OS. The molecule has 5 heteroatoms. The minimum absolute atomic E-state index is 0.0784. The molecule has 0 aliphatic carbocycles. The van der Waals surface area contributed by atoms with Crippen molar-refractivity contribution in [1.82, 2.24) is 10.3 Å². The average Bonchev–Trinajstić information content (AvgIpc) is 2.52. The van der Waals surface area contributed by atoms with Gasteiger partial charge in [-0.05, 0) is 13.3 Å². The van der Waals surface area contributed by atoms with Gasteiger partial charge in [-0.1, -0.05) is 15.9 Å². The Kier molecular flexibility index (Phi) is 4.38. The van der Waals surface area contributed by atoms with Crippen molar-refractivity contribution in [3.63, 3.8) is 0 Å². The number of alkyl halides is 1. The number of halogens is 1. The molecule has 0 aliphatic rings. The number of thiazole rings is 1. The van der Waals surface area contributed by atoms with Crippen molar-refractivity contribution in [3.8, 4) is 0 Å². The SMILES string of the molecule is Cc1nc(C(=O)NCCCBr)cs1. The molecule has 1 N–H and O–H groups in total. The molecule has 0 bridgehead atoms. The number of hydrogen-bond donors (Lipinski definition) is 1. The van der Waals surface area contributed by atoms with Crippen LogP contribution in [0.25, 0.3) is 0 Å². The number of aryl methyl sites for hydroxylation is 1. The molecule has 0 fully saturated rings. The highest BCUT2D eigenvalue weighted by Crippen LogP contribution is 2.07. The second-order valence-corrected chi connectivity index (χ2v) is 4.41. The zero-order valence-electron chi connectivity index (χ0n) is 7.34. The van der Waals surface area contributed by atoms with Crippen LogP contribution in [0.1, 0.15) is 21.9 Å². The highest BCUT2D eigenvalue weighted by Gasteiger charge is 2.07. The third-order valence-electron chi connectivity index (χ3n) is 1.45. The molecule has 1 heterocycles. The highest BCUT2D eigenvalue weighted by atomic mass is 79.9. The molecule has 13 heavy (non-hydrogen) atoms. The van der Waals surface area contributed by atoms with Crippen LogP contribution in [0.3, 0.4) is 0 Å². The topological polar surface area (TPSA) is 42.0 Å². The van der Waals surface area contributed by atoms with Crippen LogP contribution in [-0.2, 0) is 0 Å². The summed E-state index contributed by atoms with van der Waals surface area (Å²) in [5, 5.41) is 6.39. The van der Waals surface area contributed by atoms with Crippen molar-refractivity contribution in [1.29, 1.82) is 0 Å². The normalized spacial score (nSPS) is 10.0. The van der Waals surface area contributed by atoms with Crippen LogP contribution < -0.4 is 5.32 Å². The molecule has 1 aromatic rings. The number of rotatable bonds is 4. The minimum atomic E-state index is -0.0784. The van der Waals surface area contributed by atoms with Crippen molar-refractivity contribution >= 4 is 33.2 Å². The monoisotopic (exact) mass is 262 g/mol. The van der Waals surface area contributed by atoms with Gasteiger partial charge in [0.2, 0.25) is 0 Å². The molecule has 1 amide bonds. The smallest absolute Gasteiger partial charge is 0.270 e. The average molecular weight is 263 g/mol. The van der Waals surface area contributed by atoms with E-state index in [1.807, 2.05) is 6.92 Å². The largest absolute Gasteiger partial charge is 0.351 e. The van der Waals surface area contributed by atoms with Gasteiger partial charge in [-0.25, -0.2) is 4.98 Å². The van der Waals surface area contributed by atoms with Gasteiger partial charge in [0.05, 0.1) is 5.01 Å². The summed E-state index contributed by atoms with van der Waals surface area (Å²) in [6.45, 7) is 2.58. The van der Waals surface area contributed by atoms with Crippen LogP contribution in [0, 0.1) is 6.92 Å². The summed E-state index contributed by atoms with van der Waals surface area (Å²) in [6, 6.07) is 0. The Labute approximate surface area is 89.7 Å². The molecule has 0 aromatic carbocycles. The lowest BCUT2D eigenvalue weighted by Gasteiger charge is -1.99. The first-order valence-corrected chi connectivity index (χ1v) is 6.00. The van der Waals surface area contributed by atoms with Gasteiger partial charge < -0.3 is 5.32 Å². The number of aromatic nitrogens is 1. The van der Waals surface area contributed by atoms with E-state index in [1.165, 1.54) is 11.3 Å². The highest BCUT2D eigenvalue weighted by molar-refractivity contribution is 9.09. The third-order valence-corrected chi connectivity index (χ3v) is 2.78. The van der Waals surface area contributed by atoms with Gasteiger partial charge in [-0.15, -0.1) is 11.3 Å². The molecule has 0 radical (unpaired) electrons. The van der Waals surface area contributed by atoms with E-state index in [0.717, 1.165) is 16.8 Å². The fourth-order valence-corrected chi connectivity index (χ4v) is 1.70. The Morgan fingerprint density at radius 1 is 1.77 bits per heavy atom. The van der Waals surface area contributed by atoms with E-state index in [1.54, 1.807) is 5.38 Å². The zero-order valence-corrected chi connectivity index (χ0v) is 9.74. The number of carbonyl (C=O) groups excluding carboxylic acids is 1. The van der Waals surface area contributed by atoms with Crippen LogP contribution in [0.15, 0.2) is 5.38 Å². The lowest BCUT2D eigenvalue weighted by molar-refractivity contribution is 0.0949. The molecule has 1 aromatic heterocycles. The lowest BCUT2D eigenvalue weighted by atomic mass is 10.4. The summed E-state index contributed by atoms with van der Waals surface area (Å²) in [4.78, 5) is 15.4. The van der Waals surface area contributed by atoms with E-state index >= 15 is 0 Å². The fourth-order valence-electron chi connectivity index (χ4n) is 0.827. The van der Waals surface area contributed by atoms with Crippen molar-refractivity contribution in [2.75, 3.05) is 11.9 Å². The predicted octanol–water partition coefficient (Wildman–Crippen LogP) is 1.97. The molecule has 0 spiro atoms. The minimum Gasteiger partial charge on any atom is -0.351 e. The summed E-state index contributed by atoms with van der Waals surface area (Å²) in [6.07, 6.45) is 0.939.